The number of hydrogen-bond donors (Lipinski definition) is 1. The molecule has 2 aromatic rings. The molecule has 0 heterocycles. The Labute approximate surface area is 118 Å². The third-order valence-corrected chi connectivity index (χ3v) is 3.46. The Bertz CT molecular complexity index is 621. The zero-order chi connectivity index (χ0) is 13.8. The zero-order valence-corrected chi connectivity index (χ0v) is 11.8. The number of para-hydroxylation sites is 1. The molecular weight excluding hydrogens is 256 g/mol. The van der Waals surface area contributed by atoms with Gasteiger partial charge in [-0.05, 0) is 48.7 Å². The minimum absolute atomic E-state index is 0.690. The number of halogens is 1. The molecule has 0 saturated carbocycles. The van der Waals surface area contributed by atoms with Crippen molar-refractivity contribution in [3.8, 4) is 6.07 Å². The third kappa shape index (κ3) is 3.07. The van der Waals surface area contributed by atoms with Gasteiger partial charge in [0.1, 0.15) is 0 Å². The Morgan fingerprint density at radius 3 is 2.58 bits per heavy atom. The molecule has 19 heavy (non-hydrogen) atoms. The van der Waals surface area contributed by atoms with E-state index in [0.717, 1.165) is 21.8 Å². The number of anilines is 1. The van der Waals surface area contributed by atoms with Gasteiger partial charge in [0.05, 0.1) is 22.3 Å². The molecule has 0 aliphatic rings. The van der Waals surface area contributed by atoms with E-state index in [-0.39, 0.29) is 0 Å². The van der Waals surface area contributed by atoms with Gasteiger partial charge in [-0.25, -0.2) is 0 Å². The van der Waals surface area contributed by atoms with Crippen molar-refractivity contribution in [1.82, 2.24) is 0 Å². The predicted octanol–water partition coefficient (Wildman–Crippen LogP) is 4.44. The number of aryl methyl sites for hydroxylation is 2. The largest absolute Gasteiger partial charge is 0.380 e. The monoisotopic (exact) mass is 270 g/mol. The lowest BCUT2D eigenvalue weighted by Gasteiger charge is -2.13. The van der Waals surface area contributed by atoms with Crippen LogP contribution in [-0.4, -0.2) is 0 Å². The fourth-order valence-corrected chi connectivity index (χ4v) is 2.29. The van der Waals surface area contributed by atoms with E-state index in [2.05, 4.69) is 11.4 Å². The molecule has 0 fully saturated rings. The highest BCUT2D eigenvalue weighted by atomic mass is 35.5. The first-order valence-electron chi connectivity index (χ1n) is 6.10. The number of nitriles is 1. The summed E-state index contributed by atoms with van der Waals surface area (Å²) in [5, 5.41) is 12.9. The molecule has 2 rings (SSSR count). The molecular formula is C16H15ClN2. The van der Waals surface area contributed by atoms with E-state index in [1.165, 1.54) is 5.56 Å². The van der Waals surface area contributed by atoms with Crippen molar-refractivity contribution >= 4 is 17.3 Å². The molecule has 2 nitrogen and oxygen atoms in total. The highest BCUT2D eigenvalue weighted by Crippen LogP contribution is 2.26. The maximum absolute atomic E-state index is 8.85. The molecule has 2 aromatic carbocycles. The van der Waals surface area contributed by atoms with Crippen molar-refractivity contribution in [1.29, 1.82) is 5.26 Å². The molecule has 0 saturated heterocycles. The summed E-state index contributed by atoms with van der Waals surface area (Å²) in [6, 6.07) is 13.7. The van der Waals surface area contributed by atoms with Crippen molar-refractivity contribution in [3.63, 3.8) is 0 Å². The van der Waals surface area contributed by atoms with E-state index in [4.69, 9.17) is 16.9 Å². The van der Waals surface area contributed by atoms with Crippen LogP contribution in [0.2, 0.25) is 5.02 Å². The van der Waals surface area contributed by atoms with Gasteiger partial charge in [0, 0.05) is 6.54 Å². The maximum atomic E-state index is 8.85. The van der Waals surface area contributed by atoms with Gasteiger partial charge in [0.2, 0.25) is 0 Å². The minimum atomic E-state index is 0.690. The lowest BCUT2D eigenvalue weighted by Crippen LogP contribution is -2.03. The highest BCUT2D eigenvalue weighted by molar-refractivity contribution is 6.33. The van der Waals surface area contributed by atoms with Gasteiger partial charge >= 0.3 is 0 Å². The van der Waals surface area contributed by atoms with Crippen molar-refractivity contribution in [2.45, 2.75) is 20.4 Å². The van der Waals surface area contributed by atoms with Crippen LogP contribution >= 0.6 is 11.6 Å². The molecule has 0 amide bonds. The first-order chi connectivity index (χ1) is 9.11. The summed E-state index contributed by atoms with van der Waals surface area (Å²) in [5.41, 5.74) is 5.05. The van der Waals surface area contributed by atoms with E-state index >= 15 is 0 Å². The van der Waals surface area contributed by atoms with Crippen molar-refractivity contribution in [2.75, 3.05) is 5.32 Å². The smallest absolute Gasteiger partial charge is 0.0991 e. The average Bonchev–Trinajstić information content (AvgIpc) is 2.39. The molecule has 0 radical (unpaired) electrons. The van der Waals surface area contributed by atoms with Gasteiger partial charge in [0.25, 0.3) is 0 Å². The Hall–Kier alpha value is -1.98. The van der Waals surface area contributed by atoms with Crippen LogP contribution in [0.4, 0.5) is 5.69 Å². The van der Waals surface area contributed by atoms with E-state index < -0.39 is 0 Å². The van der Waals surface area contributed by atoms with Crippen LogP contribution in [0.15, 0.2) is 36.4 Å². The van der Waals surface area contributed by atoms with Crippen molar-refractivity contribution in [2.24, 2.45) is 0 Å². The number of rotatable bonds is 3. The van der Waals surface area contributed by atoms with E-state index in [0.29, 0.717) is 12.1 Å². The topological polar surface area (TPSA) is 35.8 Å². The zero-order valence-electron chi connectivity index (χ0n) is 11.0. The van der Waals surface area contributed by atoms with Gasteiger partial charge < -0.3 is 5.32 Å². The molecule has 1 N–H and O–H groups in total. The molecule has 0 aliphatic carbocycles. The van der Waals surface area contributed by atoms with Crippen LogP contribution < -0.4 is 5.32 Å². The number of benzene rings is 2. The van der Waals surface area contributed by atoms with Crippen LogP contribution in [0.1, 0.15) is 22.3 Å². The van der Waals surface area contributed by atoms with Gasteiger partial charge in [-0.15, -0.1) is 0 Å². The van der Waals surface area contributed by atoms with Crippen LogP contribution in [0, 0.1) is 25.2 Å². The summed E-state index contributed by atoms with van der Waals surface area (Å²) in [7, 11) is 0. The predicted molar refractivity (Wildman–Crippen MR) is 79.4 cm³/mol. The van der Waals surface area contributed by atoms with Gasteiger partial charge in [-0.3, -0.25) is 0 Å². The second kappa shape index (κ2) is 5.77. The first-order valence-corrected chi connectivity index (χ1v) is 6.48. The summed E-state index contributed by atoms with van der Waals surface area (Å²) >= 11 is 6.18. The Balaban J connectivity index is 2.17. The molecule has 3 heteroatoms. The molecule has 0 bridgehead atoms. The number of nitrogens with zero attached hydrogens (tertiary/aromatic N) is 1. The Morgan fingerprint density at radius 1 is 1.16 bits per heavy atom. The molecule has 0 atom stereocenters. The van der Waals surface area contributed by atoms with Crippen LogP contribution in [-0.2, 0) is 6.54 Å². The Morgan fingerprint density at radius 2 is 1.95 bits per heavy atom. The molecule has 0 aliphatic heterocycles. The molecule has 0 spiro atoms. The normalized spacial score (nSPS) is 10.0. The van der Waals surface area contributed by atoms with Gasteiger partial charge in [-0.2, -0.15) is 5.26 Å². The lowest BCUT2D eigenvalue weighted by molar-refractivity contribution is 1.11. The molecule has 96 valence electrons. The summed E-state index contributed by atoms with van der Waals surface area (Å²) < 4.78 is 0. The van der Waals surface area contributed by atoms with Crippen molar-refractivity contribution in [3.05, 3.63) is 63.7 Å². The second-order valence-electron chi connectivity index (χ2n) is 4.54. The van der Waals surface area contributed by atoms with E-state index in [1.807, 2.05) is 50.2 Å². The van der Waals surface area contributed by atoms with Crippen LogP contribution in [0.3, 0.4) is 0 Å². The number of nitrogens with one attached hydrogen (secondary N) is 1. The SMILES string of the molecule is Cc1cc(C#N)ccc1CNc1c(C)cccc1Cl. The van der Waals surface area contributed by atoms with Gasteiger partial charge in [-0.1, -0.05) is 29.8 Å². The minimum Gasteiger partial charge on any atom is -0.380 e. The van der Waals surface area contributed by atoms with Gasteiger partial charge in [0.15, 0.2) is 0 Å². The standard InChI is InChI=1S/C16H15ClN2/c1-11-4-3-5-15(17)16(11)19-10-14-7-6-13(9-18)8-12(14)2/h3-8,19H,10H2,1-2H3. The average molecular weight is 271 g/mol. The third-order valence-electron chi connectivity index (χ3n) is 3.15. The summed E-state index contributed by atoms with van der Waals surface area (Å²) in [6.07, 6.45) is 0. The maximum Gasteiger partial charge on any atom is 0.0991 e. The van der Waals surface area contributed by atoms with E-state index in [1.54, 1.807) is 0 Å². The fourth-order valence-electron chi connectivity index (χ4n) is 2.00. The lowest BCUT2D eigenvalue weighted by atomic mass is 10.1. The van der Waals surface area contributed by atoms with E-state index in [9.17, 15) is 0 Å². The Kier molecular flexibility index (Phi) is 4.09. The highest BCUT2D eigenvalue weighted by Gasteiger charge is 2.05. The molecule has 0 aromatic heterocycles. The van der Waals surface area contributed by atoms with Crippen LogP contribution in [0.5, 0.6) is 0 Å². The summed E-state index contributed by atoms with van der Waals surface area (Å²) in [6.45, 7) is 4.74. The number of hydrogen-bond acceptors (Lipinski definition) is 2. The second-order valence-corrected chi connectivity index (χ2v) is 4.95. The van der Waals surface area contributed by atoms with Crippen LogP contribution in [0.25, 0.3) is 0 Å². The first kappa shape index (κ1) is 13.5. The summed E-state index contributed by atoms with van der Waals surface area (Å²) in [5.74, 6) is 0. The quantitative estimate of drug-likeness (QED) is 0.895. The summed E-state index contributed by atoms with van der Waals surface area (Å²) in [4.78, 5) is 0. The fraction of sp³-hybridized carbons (Fsp3) is 0.188. The van der Waals surface area contributed by atoms with Crippen molar-refractivity contribution < 1.29 is 0 Å². The molecule has 0 unspecified atom stereocenters.